The molecule has 5 nitrogen and oxygen atoms in total. The van der Waals surface area contributed by atoms with Gasteiger partial charge in [-0.3, -0.25) is 4.79 Å². The molecule has 0 unspecified atom stereocenters. The number of halogens is 1. The van der Waals surface area contributed by atoms with Crippen LogP contribution in [0.5, 0.6) is 5.75 Å². The van der Waals surface area contributed by atoms with Crippen molar-refractivity contribution in [2.75, 3.05) is 13.7 Å². The third-order valence-corrected chi connectivity index (χ3v) is 3.09. The van der Waals surface area contributed by atoms with Crippen LogP contribution in [0, 0.1) is 0 Å². The minimum atomic E-state index is -0.900. The smallest absolute Gasteiger partial charge is 0.396 e. The highest BCUT2D eigenvalue weighted by Gasteiger charge is 2.19. The number of nitrogens with one attached hydrogen (secondary N) is 1. The minimum absolute atomic E-state index is 0.232. The monoisotopic (exact) mass is 313 g/mol. The minimum Gasteiger partial charge on any atom is -0.493 e. The molecule has 0 atom stereocenters. The molecule has 0 saturated heterocycles. The van der Waals surface area contributed by atoms with Crippen LogP contribution in [0.3, 0.4) is 0 Å². The molecule has 1 N–H and O–H groups in total. The van der Waals surface area contributed by atoms with Gasteiger partial charge in [0.1, 0.15) is 5.75 Å². The van der Waals surface area contributed by atoms with E-state index in [-0.39, 0.29) is 6.54 Å². The lowest BCUT2D eigenvalue weighted by molar-refractivity contribution is -0.152. The Balaban J connectivity index is 2.11. The Kier molecular flexibility index (Phi) is 3.86. The molecule has 18 heavy (non-hydrogen) atoms. The van der Waals surface area contributed by atoms with Crippen molar-refractivity contribution in [2.24, 2.45) is 0 Å². The molecule has 0 aliphatic carbocycles. The molecule has 1 heterocycles. The van der Waals surface area contributed by atoms with Gasteiger partial charge in [-0.2, -0.15) is 0 Å². The molecule has 0 aromatic heterocycles. The summed E-state index contributed by atoms with van der Waals surface area (Å²) in [6.45, 7) is 0.874. The summed E-state index contributed by atoms with van der Waals surface area (Å²) in [5.74, 6) is -0.866. The van der Waals surface area contributed by atoms with E-state index in [0.29, 0.717) is 6.61 Å². The molecule has 0 fully saturated rings. The first-order chi connectivity index (χ1) is 8.61. The lowest BCUT2D eigenvalue weighted by Gasteiger charge is -2.09. The summed E-state index contributed by atoms with van der Waals surface area (Å²) in [6, 6.07) is 3.86. The fraction of sp³-hybridized carbons (Fsp3) is 0.333. The quantitative estimate of drug-likeness (QED) is 0.657. The Hall–Kier alpha value is -1.56. The number of amides is 1. The molecule has 0 spiro atoms. The van der Waals surface area contributed by atoms with Crippen molar-refractivity contribution in [3.8, 4) is 5.75 Å². The van der Waals surface area contributed by atoms with E-state index in [1.807, 2.05) is 12.1 Å². The Morgan fingerprint density at radius 3 is 3.00 bits per heavy atom. The molecule has 1 aliphatic heterocycles. The predicted molar refractivity (Wildman–Crippen MR) is 67.2 cm³/mol. The average Bonchev–Trinajstić information content (AvgIpc) is 2.82. The van der Waals surface area contributed by atoms with Crippen molar-refractivity contribution in [2.45, 2.75) is 13.0 Å². The van der Waals surface area contributed by atoms with Gasteiger partial charge in [0, 0.05) is 23.0 Å². The fourth-order valence-corrected chi connectivity index (χ4v) is 2.37. The van der Waals surface area contributed by atoms with Crippen LogP contribution in [0.2, 0.25) is 0 Å². The summed E-state index contributed by atoms with van der Waals surface area (Å²) in [4.78, 5) is 22.3. The molecule has 0 bridgehead atoms. The topological polar surface area (TPSA) is 64.6 Å². The van der Waals surface area contributed by atoms with Crippen LogP contribution in [0.25, 0.3) is 0 Å². The summed E-state index contributed by atoms with van der Waals surface area (Å²) < 4.78 is 10.8. The lowest BCUT2D eigenvalue weighted by Crippen LogP contribution is -2.31. The molecule has 1 amide bonds. The first-order valence-corrected chi connectivity index (χ1v) is 6.21. The fourth-order valence-electron chi connectivity index (χ4n) is 1.82. The summed E-state index contributed by atoms with van der Waals surface area (Å²) >= 11 is 3.41. The molecule has 2 rings (SSSR count). The van der Waals surface area contributed by atoms with Gasteiger partial charge in [-0.15, -0.1) is 0 Å². The van der Waals surface area contributed by atoms with Crippen molar-refractivity contribution in [1.82, 2.24) is 5.32 Å². The maximum absolute atomic E-state index is 11.3. The van der Waals surface area contributed by atoms with Crippen molar-refractivity contribution in [3.05, 3.63) is 27.7 Å². The highest BCUT2D eigenvalue weighted by molar-refractivity contribution is 9.10. The van der Waals surface area contributed by atoms with Crippen LogP contribution < -0.4 is 10.1 Å². The van der Waals surface area contributed by atoms with Crippen molar-refractivity contribution in [3.63, 3.8) is 0 Å². The van der Waals surface area contributed by atoms with E-state index in [1.54, 1.807) is 0 Å². The first kappa shape index (κ1) is 12.9. The molecule has 96 valence electrons. The van der Waals surface area contributed by atoms with Gasteiger partial charge >= 0.3 is 11.9 Å². The number of carbonyl (C=O) groups is 2. The normalized spacial score (nSPS) is 12.6. The molecule has 1 aromatic carbocycles. The van der Waals surface area contributed by atoms with Crippen LogP contribution in [0.1, 0.15) is 11.1 Å². The number of benzene rings is 1. The van der Waals surface area contributed by atoms with Crippen molar-refractivity contribution < 1.29 is 19.1 Å². The maximum atomic E-state index is 11.3. The lowest BCUT2D eigenvalue weighted by atomic mass is 10.1. The van der Waals surface area contributed by atoms with E-state index >= 15 is 0 Å². The molecule has 0 radical (unpaired) electrons. The van der Waals surface area contributed by atoms with Crippen molar-refractivity contribution >= 4 is 27.8 Å². The zero-order chi connectivity index (χ0) is 13.1. The number of esters is 1. The zero-order valence-electron chi connectivity index (χ0n) is 9.79. The van der Waals surface area contributed by atoms with Gasteiger partial charge < -0.3 is 14.8 Å². The number of fused-ring (bicyclic) bond motifs is 1. The summed E-state index contributed by atoms with van der Waals surface area (Å²) in [6.07, 6.45) is 0.854. The van der Waals surface area contributed by atoms with Crippen LogP contribution in [-0.4, -0.2) is 25.6 Å². The van der Waals surface area contributed by atoms with E-state index < -0.39 is 11.9 Å². The second kappa shape index (κ2) is 5.39. The highest BCUT2D eigenvalue weighted by atomic mass is 79.9. The zero-order valence-corrected chi connectivity index (χ0v) is 11.4. The van der Waals surface area contributed by atoms with Gasteiger partial charge in [0.15, 0.2) is 0 Å². The average molecular weight is 314 g/mol. The maximum Gasteiger partial charge on any atom is 0.396 e. The van der Waals surface area contributed by atoms with Gasteiger partial charge in [0.05, 0.1) is 13.7 Å². The van der Waals surface area contributed by atoms with Crippen LogP contribution >= 0.6 is 15.9 Å². The second-order valence-electron chi connectivity index (χ2n) is 3.83. The number of hydrogen-bond donors (Lipinski definition) is 1. The van der Waals surface area contributed by atoms with E-state index in [0.717, 1.165) is 27.8 Å². The third kappa shape index (κ3) is 2.64. The van der Waals surface area contributed by atoms with Gasteiger partial charge in [0.2, 0.25) is 0 Å². The number of ether oxygens (including phenoxy) is 2. The Labute approximate surface area is 113 Å². The van der Waals surface area contributed by atoms with E-state index in [4.69, 9.17) is 4.74 Å². The largest absolute Gasteiger partial charge is 0.493 e. The van der Waals surface area contributed by atoms with Gasteiger partial charge in [-0.25, -0.2) is 4.79 Å². The number of methoxy groups -OCH3 is 1. The van der Waals surface area contributed by atoms with Crippen LogP contribution in [0.15, 0.2) is 16.6 Å². The molecule has 6 heteroatoms. The van der Waals surface area contributed by atoms with Crippen molar-refractivity contribution in [1.29, 1.82) is 0 Å². The van der Waals surface area contributed by atoms with Gasteiger partial charge in [-0.05, 0) is 17.7 Å². The first-order valence-electron chi connectivity index (χ1n) is 5.42. The summed E-state index contributed by atoms with van der Waals surface area (Å²) in [5, 5.41) is 2.49. The Morgan fingerprint density at radius 2 is 2.28 bits per heavy atom. The number of carbonyl (C=O) groups excluding carboxylic acids is 2. The summed E-state index contributed by atoms with van der Waals surface area (Å²) in [5.41, 5.74) is 1.95. The van der Waals surface area contributed by atoms with Gasteiger partial charge in [0.25, 0.3) is 0 Å². The van der Waals surface area contributed by atoms with E-state index in [2.05, 4.69) is 26.0 Å². The van der Waals surface area contributed by atoms with E-state index in [1.165, 1.54) is 7.11 Å². The Bertz CT molecular complexity index is 501. The summed E-state index contributed by atoms with van der Waals surface area (Å²) in [7, 11) is 1.17. The molecular weight excluding hydrogens is 302 g/mol. The van der Waals surface area contributed by atoms with E-state index in [9.17, 15) is 9.59 Å². The van der Waals surface area contributed by atoms with Crippen LogP contribution in [0.4, 0.5) is 0 Å². The second-order valence-corrected chi connectivity index (χ2v) is 4.74. The number of rotatable bonds is 2. The molecule has 0 saturated carbocycles. The highest BCUT2D eigenvalue weighted by Crippen LogP contribution is 2.32. The molecule has 1 aliphatic rings. The number of hydrogen-bond acceptors (Lipinski definition) is 4. The van der Waals surface area contributed by atoms with Gasteiger partial charge in [-0.1, -0.05) is 15.9 Å². The Morgan fingerprint density at radius 1 is 1.50 bits per heavy atom. The van der Waals surface area contributed by atoms with Crippen LogP contribution in [-0.2, 0) is 27.3 Å². The molecular formula is C12H12BrNO4. The SMILES string of the molecule is COC(=O)C(=O)NCc1cc(Br)cc2c1OCC2. The standard InChI is InChI=1S/C12H12BrNO4/c1-17-12(16)11(15)14-6-8-5-9(13)4-7-2-3-18-10(7)8/h4-5H,2-3,6H2,1H3,(H,14,15). The third-order valence-electron chi connectivity index (χ3n) is 2.64. The molecule has 1 aromatic rings. The predicted octanol–water partition coefficient (Wildman–Crippen LogP) is 1.17.